The van der Waals surface area contributed by atoms with Gasteiger partial charge in [0.05, 0.1) is 25.2 Å². The van der Waals surface area contributed by atoms with Crippen LogP contribution in [0, 0.1) is 11.3 Å². The lowest BCUT2D eigenvalue weighted by atomic mass is 9.66. The zero-order valence-corrected chi connectivity index (χ0v) is 18.9. The van der Waals surface area contributed by atoms with E-state index in [1.165, 1.54) is 19.4 Å². The highest BCUT2D eigenvalue weighted by atomic mass is 32.2. The molecule has 0 spiro atoms. The summed E-state index contributed by atoms with van der Waals surface area (Å²) in [6.45, 7) is 11.7. The predicted octanol–water partition coefficient (Wildman–Crippen LogP) is 2.80. The Kier molecular flexibility index (Phi) is 8.12. The van der Waals surface area contributed by atoms with Crippen LogP contribution in [0.15, 0.2) is 22.0 Å². The molecule has 166 valence electrons. The first-order chi connectivity index (χ1) is 13.4. The molecule has 2 fully saturated rings. The summed E-state index contributed by atoms with van der Waals surface area (Å²) >= 11 is 0. The maximum atomic E-state index is 13.1. The van der Waals surface area contributed by atoms with Crippen molar-refractivity contribution in [3.05, 3.63) is 12.0 Å². The smallest absolute Gasteiger partial charge is 0.209 e. The maximum absolute atomic E-state index is 13.1. The number of sulfonamides is 1. The minimum absolute atomic E-state index is 0.0482. The molecule has 0 aromatic rings. The number of hydrogen-bond donors (Lipinski definition) is 2. The van der Waals surface area contributed by atoms with Crippen molar-refractivity contribution in [1.82, 2.24) is 10.0 Å². The molecule has 2 N–H and O–H groups in total. The monoisotopic (exact) mass is 430 g/mol. The molecule has 0 amide bonds. The third-order valence-corrected chi connectivity index (χ3v) is 6.91. The summed E-state index contributed by atoms with van der Waals surface area (Å²) < 4.78 is 45.2. The zero-order valence-electron chi connectivity index (χ0n) is 18.1. The SMILES string of the molecule is C=NC(=N/C=C(\C)F)[C@@]1(C)CC[C@H](OC[C@@H]2N[C@H](C)C[C@@H]2NS(C)(=O)=O)C[C@@H]1C. The van der Waals surface area contributed by atoms with Gasteiger partial charge >= 0.3 is 0 Å². The van der Waals surface area contributed by atoms with E-state index in [0.717, 1.165) is 25.7 Å². The van der Waals surface area contributed by atoms with Gasteiger partial charge in [0.25, 0.3) is 0 Å². The third kappa shape index (κ3) is 6.67. The Morgan fingerprint density at radius 3 is 2.66 bits per heavy atom. The van der Waals surface area contributed by atoms with Gasteiger partial charge in [-0.1, -0.05) is 13.8 Å². The average Bonchev–Trinajstić information content (AvgIpc) is 2.93. The van der Waals surface area contributed by atoms with Crippen LogP contribution in [-0.4, -0.2) is 58.1 Å². The van der Waals surface area contributed by atoms with Crippen molar-refractivity contribution in [2.45, 2.75) is 77.6 Å². The van der Waals surface area contributed by atoms with E-state index in [0.29, 0.717) is 12.4 Å². The van der Waals surface area contributed by atoms with E-state index in [4.69, 9.17) is 4.74 Å². The van der Waals surface area contributed by atoms with Crippen LogP contribution in [0.1, 0.15) is 53.4 Å². The molecule has 2 rings (SSSR count). The Hall–Kier alpha value is -1.16. The van der Waals surface area contributed by atoms with Gasteiger partial charge in [-0.25, -0.2) is 27.5 Å². The minimum atomic E-state index is -3.26. The largest absolute Gasteiger partial charge is 0.377 e. The summed E-state index contributed by atoms with van der Waals surface area (Å²) in [5.74, 6) is 0.429. The first kappa shape index (κ1) is 24.1. The van der Waals surface area contributed by atoms with Gasteiger partial charge in [0, 0.05) is 23.5 Å². The van der Waals surface area contributed by atoms with Crippen LogP contribution in [-0.2, 0) is 14.8 Å². The topological polar surface area (TPSA) is 92.2 Å². The lowest BCUT2D eigenvalue weighted by molar-refractivity contribution is -0.0175. The number of nitrogens with one attached hydrogen (secondary N) is 2. The van der Waals surface area contributed by atoms with Crippen LogP contribution in [0.5, 0.6) is 0 Å². The van der Waals surface area contributed by atoms with E-state index in [-0.39, 0.29) is 41.4 Å². The van der Waals surface area contributed by atoms with Crippen LogP contribution in [0.4, 0.5) is 4.39 Å². The highest BCUT2D eigenvalue weighted by Crippen LogP contribution is 2.43. The number of hydrogen-bond acceptors (Lipinski definition) is 5. The van der Waals surface area contributed by atoms with Gasteiger partial charge in [0.2, 0.25) is 10.0 Å². The molecule has 29 heavy (non-hydrogen) atoms. The quantitative estimate of drug-likeness (QED) is 0.480. The van der Waals surface area contributed by atoms with Crippen molar-refractivity contribution < 1.29 is 17.5 Å². The van der Waals surface area contributed by atoms with Crippen LogP contribution in [0.3, 0.4) is 0 Å². The lowest BCUT2D eigenvalue weighted by Crippen LogP contribution is -2.47. The second kappa shape index (κ2) is 9.76. The van der Waals surface area contributed by atoms with Crippen LogP contribution in [0.2, 0.25) is 0 Å². The molecule has 9 heteroatoms. The molecule has 1 saturated carbocycles. The molecule has 1 aliphatic heterocycles. The minimum Gasteiger partial charge on any atom is -0.377 e. The van der Waals surface area contributed by atoms with Crippen LogP contribution >= 0.6 is 0 Å². The van der Waals surface area contributed by atoms with Crippen molar-refractivity contribution in [3.63, 3.8) is 0 Å². The average molecular weight is 431 g/mol. The zero-order chi connectivity index (χ0) is 21.8. The van der Waals surface area contributed by atoms with E-state index in [1.807, 2.05) is 6.92 Å². The first-order valence-electron chi connectivity index (χ1n) is 10.2. The van der Waals surface area contributed by atoms with Gasteiger partial charge in [-0.15, -0.1) is 0 Å². The molecule has 1 saturated heterocycles. The first-order valence-corrected chi connectivity index (χ1v) is 12.1. The Morgan fingerprint density at radius 2 is 2.10 bits per heavy atom. The molecule has 0 unspecified atom stereocenters. The Morgan fingerprint density at radius 1 is 1.41 bits per heavy atom. The molecule has 7 nitrogen and oxygen atoms in total. The second-order valence-corrected chi connectivity index (χ2v) is 10.6. The van der Waals surface area contributed by atoms with Gasteiger partial charge in [-0.05, 0) is 52.2 Å². The molecule has 0 aromatic heterocycles. The molecule has 0 radical (unpaired) electrons. The van der Waals surface area contributed by atoms with Crippen molar-refractivity contribution in [2.24, 2.45) is 21.3 Å². The number of allylic oxidation sites excluding steroid dienone is 1. The number of halogens is 1. The summed E-state index contributed by atoms with van der Waals surface area (Å²) in [5.41, 5.74) is -0.284. The molecular weight excluding hydrogens is 395 g/mol. The Bertz CT molecular complexity index is 751. The summed E-state index contributed by atoms with van der Waals surface area (Å²) in [5, 5.41) is 3.41. The normalized spacial score (nSPS) is 37.0. The van der Waals surface area contributed by atoms with Crippen LogP contribution in [0.25, 0.3) is 0 Å². The number of nitrogens with zero attached hydrogens (tertiary/aromatic N) is 2. The van der Waals surface area contributed by atoms with Crippen molar-refractivity contribution in [2.75, 3.05) is 12.9 Å². The highest BCUT2D eigenvalue weighted by Gasteiger charge is 2.42. The van der Waals surface area contributed by atoms with Gasteiger partial charge in [-0.3, -0.25) is 0 Å². The summed E-state index contributed by atoms with van der Waals surface area (Å²) in [6.07, 6.45) is 5.67. The van der Waals surface area contributed by atoms with Crippen molar-refractivity contribution >= 4 is 22.6 Å². The molecular formula is C20H35FN4O3S. The maximum Gasteiger partial charge on any atom is 0.209 e. The fourth-order valence-corrected chi connectivity index (χ4v) is 5.20. The summed E-state index contributed by atoms with van der Waals surface area (Å²) in [4.78, 5) is 8.27. The Labute approximate surface area is 174 Å². The van der Waals surface area contributed by atoms with E-state index >= 15 is 0 Å². The van der Waals surface area contributed by atoms with E-state index < -0.39 is 10.0 Å². The molecule has 0 bridgehead atoms. The third-order valence-electron chi connectivity index (χ3n) is 6.18. The predicted molar refractivity (Wildman–Crippen MR) is 115 cm³/mol. The van der Waals surface area contributed by atoms with Crippen LogP contribution < -0.4 is 10.0 Å². The van der Waals surface area contributed by atoms with Gasteiger partial charge < -0.3 is 10.1 Å². The van der Waals surface area contributed by atoms with Crippen molar-refractivity contribution in [3.8, 4) is 0 Å². The fraction of sp³-hybridized carbons (Fsp3) is 0.800. The van der Waals surface area contributed by atoms with Gasteiger partial charge in [0.15, 0.2) is 0 Å². The fourth-order valence-electron chi connectivity index (χ4n) is 4.39. The number of rotatable bonds is 7. The number of amidine groups is 1. The lowest BCUT2D eigenvalue weighted by Gasteiger charge is -2.42. The number of aliphatic imine (C=N–C) groups is 2. The molecule has 0 aromatic carbocycles. The van der Waals surface area contributed by atoms with E-state index in [1.54, 1.807) is 0 Å². The Balaban J connectivity index is 1.96. The van der Waals surface area contributed by atoms with Gasteiger partial charge in [0.1, 0.15) is 11.7 Å². The highest BCUT2D eigenvalue weighted by molar-refractivity contribution is 7.88. The molecule has 2 aliphatic rings. The summed E-state index contributed by atoms with van der Waals surface area (Å²) in [6, 6.07) is 0.0274. The number of ether oxygens (including phenoxy) is 1. The molecule has 6 atom stereocenters. The van der Waals surface area contributed by atoms with Gasteiger partial charge in [-0.2, -0.15) is 0 Å². The van der Waals surface area contributed by atoms with Crippen molar-refractivity contribution in [1.29, 1.82) is 0 Å². The van der Waals surface area contributed by atoms with E-state index in [2.05, 4.69) is 40.6 Å². The molecule has 1 aliphatic carbocycles. The standard InChI is InChI=1S/C20H35FN4O3S/c1-13-9-16(7-8-20(13,4)19(22-5)23-11-14(2)21)28-12-18-17(10-15(3)24-18)25-29(6,26)27/h11,13,15-18,24-25H,5,7-10,12H2,1-4,6H3/b14-11+,23-19?/t13-,15+,16-,17-,18-,20-/m0/s1. The molecule has 1 heterocycles. The summed E-state index contributed by atoms with van der Waals surface area (Å²) in [7, 11) is -3.26. The second-order valence-electron chi connectivity index (χ2n) is 8.78. The van der Waals surface area contributed by atoms with E-state index in [9.17, 15) is 12.8 Å².